The van der Waals surface area contributed by atoms with Crippen molar-refractivity contribution in [2.24, 2.45) is 5.92 Å². The molecule has 0 radical (unpaired) electrons. The second-order valence-corrected chi connectivity index (χ2v) is 9.56. The van der Waals surface area contributed by atoms with Crippen molar-refractivity contribution in [1.82, 2.24) is 20.4 Å². The normalized spacial score (nSPS) is 15.9. The first kappa shape index (κ1) is 25.5. The number of amides is 2. The summed E-state index contributed by atoms with van der Waals surface area (Å²) in [6.45, 7) is 10.1. The standard InChI is InChI=1S/C25H32Cl2N4O2/c1-18(2)23(29-24(32)21-9-8-20(26)16-22(21)27)25(33)28-10-11-30-12-14-31(15-13-30)17-19-6-4-3-5-7-19/h3-9,16,18,23H,10-15,17H2,1-2H3,(H,28,33)(H,29,32). The van der Waals surface area contributed by atoms with Gasteiger partial charge >= 0.3 is 0 Å². The van der Waals surface area contributed by atoms with Crippen molar-refractivity contribution < 1.29 is 9.59 Å². The lowest BCUT2D eigenvalue weighted by molar-refractivity contribution is -0.124. The monoisotopic (exact) mass is 490 g/mol. The molecule has 2 amide bonds. The van der Waals surface area contributed by atoms with Crippen LogP contribution >= 0.6 is 23.2 Å². The van der Waals surface area contributed by atoms with E-state index in [1.54, 1.807) is 12.1 Å². The summed E-state index contributed by atoms with van der Waals surface area (Å²) >= 11 is 12.0. The number of piperazine rings is 1. The van der Waals surface area contributed by atoms with Crippen LogP contribution in [0.5, 0.6) is 0 Å². The van der Waals surface area contributed by atoms with E-state index in [2.05, 4.69) is 44.7 Å². The fourth-order valence-corrected chi connectivity index (χ4v) is 4.38. The van der Waals surface area contributed by atoms with E-state index in [-0.39, 0.29) is 22.8 Å². The Hall–Kier alpha value is -2.12. The van der Waals surface area contributed by atoms with Gasteiger partial charge in [-0.25, -0.2) is 0 Å². The number of benzene rings is 2. The molecule has 1 aliphatic rings. The number of nitrogens with zero attached hydrogens (tertiary/aromatic N) is 2. The number of halogens is 2. The second-order valence-electron chi connectivity index (χ2n) is 8.71. The van der Waals surface area contributed by atoms with Gasteiger partial charge in [-0.1, -0.05) is 67.4 Å². The average Bonchev–Trinajstić information content (AvgIpc) is 2.79. The van der Waals surface area contributed by atoms with E-state index in [9.17, 15) is 9.59 Å². The summed E-state index contributed by atoms with van der Waals surface area (Å²) < 4.78 is 0. The van der Waals surface area contributed by atoms with Crippen LogP contribution in [0.3, 0.4) is 0 Å². The summed E-state index contributed by atoms with van der Waals surface area (Å²) in [6.07, 6.45) is 0. The Morgan fingerprint density at radius 1 is 0.970 bits per heavy atom. The van der Waals surface area contributed by atoms with Crippen LogP contribution in [0.1, 0.15) is 29.8 Å². The molecule has 1 unspecified atom stereocenters. The molecule has 1 heterocycles. The van der Waals surface area contributed by atoms with Crippen LogP contribution in [-0.4, -0.2) is 66.9 Å². The van der Waals surface area contributed by atoms with Gasteiger partial charge in [-0.2, -0.15) is 0 Å². The third-order valence-electron chi connectivity index (χ3n) is 5.85. The van der Waals surface area contributed by atoms with Gasteiger partial charge in [0.05, 0.1) is 10.6 Å². The summed E-state index contributed by atoms with van der Waals surface area (Å²) in [5.74, 6) is -0.646. The number of hydrogen-bond acceptors (Lipinski definition) is 4. The third-order valence-corrected chi connectivity index (χ3v) is 6.40. The predicted octanol–water partition coefficient (Wildman–Crippen LogP) is 3.68. The van der Waals surface area contributed by atoms with E-state index in [1.807, 2.05) is 19.9 Å². The first-order valence-electron chi connectivity index (χ1n) is 11.4. The average molecular weight is 491 g/mol. The van der Waals surface area contributed by atoms with Crippen molar-refractivity contribution in [3.63, 3.8) is 0 Å². The van der Waals surface area contributed by atoms with Crippen molar-refractivity contribution in [2.75, 3.05) is 39.3 Å². The highest BCUT2D eigenvalue weighted by atomic mass is 35.5. The molecular weight excluding hydrogens is 459 g/mol. The summed E-state index contributed by atoms with van der Waals surface area (Å²) in [5, 5.41) is 6.50. The van der Waals surface area contributed by atoms with Gasteiger partial charge in [-0.15, -0.1) is 0 Å². The highest BCUT2D eigenvalue weighted by molar-refractivity contribution is 6.36. The Labute approximate surface area is 206 Å². The topological polar surface area (TPSA) is 64.7 Å². The number of carbonyl (C=O) groups excluding carboxylic acids is 2. The fourth-order valence-electron chi connectivity index (χ4n) is 3.89. The molecule has 1 atom stereocenters. The van der Waals surface area contributed by atoms with Crippen LogP contribution in [0.15, 0.2) is 48.5 Å². The fraction of sp³-hybridized carbons (Fsp3) is 0.440. The molecule has 33 heavy (non-hydrogen) atoms. The lowest BCUT2D eigenvalue weighted by Crippen LogP contribution is -2.52. The maximum Gasteiger partial charge on any atom is 0.253 e. The summed E-state index contributed by atoms with van der Waals surface area (Å²) in [6, 6.07) is 14.5. The van der Waals surface area contributed by atoms with Crippen LogP contribution in [0.25, 0.3) is 0 Å². The van der Waals surface area contributed by atoms with E-state index in [0.717, 1.165) is 39.3 Å². The smallest absolute Gasteiger partial charge is 0.253 e. The third kappa shape index (κ3) is 7.71. The largest absolute Gasteiger partial charge is 0.353 e. The van der Waals surface area contributed by atoms with E-state index in [4.69, 9.17) is 23.2 Å². The van der Waals surface area contributed by atoms with Gasteiger partial charge in [-0.05, 0) is 29.7 Å². The van der Waals surface area contributed by atoms with Crippen LogP contribution in [0.2, 0.25) is 10.0 Å². The zero-order chi connectivity index (χ0) is 23.8. The lowest BCUT2D eigenvalue weighted by atomic mass is 10.0. The van der Waals surface area contributed by atoms with Crippen LogP contribution < -0.4 is 10.6 Å². The van der Waals surface area contributed by atoms with Gasteiger partial charge in [-0.3, -0.25) is 19.4 Å². The maximum absolute atomic E-state index is 12.8. The van der Waals surface area contributed by atoms with Gasteiger partial charge in [0.15, 0.2) is 0 Å². The molecule has 178 valence electrons. The molecule has 2 N–H and O–H groups in total. The van der Waals surface area contributed by atoms with Crippen molar-refractivity contribution in [3.8, 4) is 0 Å². The van der Waals surface area contributed by atoms with E-state index in [1.165, 1.54) is 11.6 Å². The van der Waals surface area contributed by atoms with E-state index < -0.39 is 6.04 Å². The number of rotatable bonds is 9. The van der Waals surface area contributed by atoms with Crippen molar-refractivity contribution in [3.05, 3.63) is 69.7 Å². The molecule has 1 aliphatic heterocycles. The SMILES string of the molecule is CC(C)C(NC(=O)c1ccc(Cl)cc1Cl)C(=O)NCCN1CCN(Cc2ccccc2)CC1. The van der Waals surface area contributed by atoms with Crippen molar-refractivity contribution in [1.29, 1.82) is 0 Å². The Morgan fingerprint density at radius 2 is 1.64 bits per heavy atom. The Morgan fingerprint density at radius 3 is 2.27 bits per heavy atom. The first-order valence-corrected chi connectivity index (χ1v) is 12.1. The van der Waals surface area contributed by atoms with E-state index >= 15 is 0 Å². The first-order chi connectivity index (χ1) is 15.8. The predicted molar refractivity (Wildman–Crippen MR) is 134 cm³/mol. The number of carbonyl (C=O) groups is 2. The molecule has 0 saturated carbocycles. The highest BCUT2D eigenvalue weighted by Crippen LogP contribution is 2.21. The molecule has 0 aromatic heterocycles. The van der Waals surface area contributed by atoms with Crippen molar-refractivity contribution in [2.45, 2.75) is 26.4 Å². The van der Waals surface area contributed by atoms with Crippen LogP contribution in [0.4, 0.5) is 0 Å². The van der Waals surface area contributed by atoms with Gasteiger partial charge in [0, 0.05) is 50.8 Å². The summed E-state index contributed by atoms with van der Waals surface area (Å²) in [4.78, 5) is 30.2. The molecule has 0 bridgehead atoms. The molecular formula is C25H32Cl2N4O2. The molecule has 6 nitrogen and oxygen atoms in total. The minimum atomic E-state index is -0.646. The molecule has 1 fully saturated rings. The number of hydrogen-bond donors (Lipinski definition) is 2. The van der Waals surface area contributed by atoms with Gasteiger partial charge < -0.3 is 10.6 Å². The Kier molecular flexibility index (Phi) is 9.56. The molecule has 3 rings (SSSR count). The highest BCUT2D eigenvalue weighted by Gasteiger charge is 2.25. The molecule has 8 heteroatoms. The second kappa shape index (κ2) is 12.4. The molecule has 0 aliphatic carbocycles. The zero-order valence-corrected chi connectivity index (χ0v) is 20.7. The van der Waals surface area contributed by atoms with Gasteiger partial charge in [0.2, 0.25) is 5.91 Å². The molecule has 2 aromatic carbocycles. The zero-order valence-electron chi connectivity index (χ0n) is 19.2. The number of nitrogens with one attached hydrogen (secondary N) is 2. The van der Waals surface area contributed by atoms with Crippen LogP contribution in [0, 0.1) is 5.92 Å². The Bertz CT molecular complexity index is 931. The summed E-state index contributed by atoms with van der Waals surface area (Å²) in [5.41, 5.74) is 1.63. The molecule has 2 aromatic rings. The Balaban J connectivity index is 1.42. The van der Waals surface area contributed by atoms with Gasteiger partial charge in [0.1, 0.15) is 6.04 Å². The summed E-state index contributed by atoms with van der Waals surface area (Å²) in [7, 11) is 0. The maximum atomic E-state index is 12.8. The lowest BCUT2D eigenvalue weighted by Gasteiger charge is -2.34. The van der Waals surface area contributed by atoms with Crippen molar-refractivity contribution >= 4 is 35.0 Å². The van der Waals surface area contributed by atoms with Crippen LogP contribution in [-0.2, 0) is 11.3 Å². The molecule has 0 spiro atoms. The van der Waals surface area contributed by atoms with E-state index in [0.29, 0.717) is 17.1 Å². The minimum Gasteiger partial charge on any atom is -0.353 e. The quantitative estimate of drug-likeness (QED) is 0.562. The molecule has 1 saturated heterocycles. The minimum absolute atomic E-state index is 0.0680. The van der Waals surface area contributed by atoms with Gasteiger partial charge in [0.25, 0.3) is 5.91 Å².